The summed E-state index contributed by atoms with van der Waals surface area (Å²) in [5.41, 5.74) is 0.640. The van der Waals surface area contributed by atoms with Crippen molar-refractivity contribution in [2.45, 2.75) is 18.8 Å². The second-order valence-corrected chi connectivity index (χ2v) is 6.06. The Morgan fingerprint density at radius 3 is 2.95 bits per heavy atom. The molecule has 1 N–H and O–H groups in total. The molecule has 1 aromatic carbocycles. The topological polar surface area (TPSA) is 41.1 Å². The van der Waals surface area contributed by atoms with E-state index in [4.69, 9.17) is 11.6 Å². The molecule has 0 amide bonds. The summed E-state index contributed by atoms with van der Waals surface area (Å²) in [6.07, 6.45) is 2.19. The van der Waals surface area contributed by atoms with Crippen molar-refractivity contribution in [1.29, 1.82) is 0 Å². The van der Waals surface area contributed by atoms with Crippen LogP contribution in [0, 0.1) is 5.82 Å². The van der Waals surface area contributed by atoms with E-state index in [-0.39, 0.29) is 11.7 Å². The number of nitrogens with one attached hydrogen (secondary N) is 1. The molecule has 1 unspecified atom stereocenters. The third-order valence-corrected chi connectivity index (χ3v) is 3.99. The highest BCUT2D eigenvalue weighted by Gasteiger charge is 2.22. The van der Waals surface area contributed by atoms with E-state index in [0.717, 1.165) is 31.8 Å². The van der Waals surface area contributed by atoms with E-state index in [1.165, 1.54) is 12.1 Å². The highest BCUT2D eigenvalue weighted by Crippen LogP contribution is 2.26. The molecule has 1 saturated heterocycles. The zero-order valence-electron chi connectivity index (χ0n) is 12.4. The van der Waals surface area contributed by atoms with Crippen LogP contribution >= 0.6 is 11.6 Å². The number of benzene rings is 1. The third-order valence-electron chi connectivity index (χ3n) is 3.80. The Labute approximate surface area is 134 Å². The van der Waals surface area contributed by atoms with Gasteiger partial charge in [-0.05, 0) is 44.6 Å². The fourth-order valence-electron chi connectivity index (χ4n) is 2.77. The highest BCUT2D eigenvalue weighted by molar-refractivity contribution is 6.29. The summed E-state index contributed by atoms with van der Waals surface area (Å²) in [6.45, 7) is 2.03. The van der Waals surface area contributed by atoms with Crippen LogP contribution < -0.4 is 5.32 Å². The van der Waals surface area contributed by atoms with Gasteiger partial charge in [-0.1, -0.05) is 17.7 Å². The maximum atomic E-state index is 13.3. The Bertz CT molecular complexity index is 664. The Hall–Kier alpha value is -1.72. The molecule has 0 radical (unpaired) electrons. The molecular weight excluding hydrogens is 303 g/mol. The monoisotopic (exact) mass is 320 g/mol. The van der Waals surface area contributed by atoms with Crippen LogP contribution in [0.25, 0.3) is 0 Å². The van der Waals surface area contributed by atoms with Crippen LogP contribution in [-0.2, 0) is 0 Å². The molecule has 2 heterocycles. The van der Waals surface area contributed by atoms with Gasteiger partial charge in [0.1, 0.15) is 22.6 Å². The molecule has 4 nitrogen and oxygen atoms in total. The molecule has 2 aromatic rings. The maximum Gasteiger partial charge on any atom is 0.136 e. The standard InChI is InChI=1S/C16H18ClFN4/c1-22-7-3-4-11(10-22)16-20-14(17)9-15(21-16)19-13-6-2-5-12(18)8-13/h2,5-6,8-9,11H,3-4,7,10H2,1H3,(H,19,20,21). The summed E-state index contributed by atoms with van der Waals surface area (Å²) in [5.74, 6) is 1.33. The minimum atomic E-state index is -0.292. The number of likely N-dealkylation sites (tertiary alicyclic amines) is 1. The molecule has 1 atom stereocenters. The van der Waals surface area contributed by atoms with Crippen LogP contribution in [0.5, 0.6) is 0 Å². The Morgan fingerprint density at radius 2 is 2.18 bits per heavy atom. The van der Waals surface area contributed by atoms with Gasteiger partial charge in [0.05, 0.1) is 0 Å². The highest BCUT2D eigenvalue weighted by atomic mass is 35.5. The second kappa shape index (κ2) is 6.58. The van der Waals surface area contributed by atoms with Crippen LogP contribution in [0.3, 0.4) is 0 Å². The van der Waals surface area contributed by atoms with Gasteiger partial charge in [-0.2, -0.15) is 0 Å². The Morgan fingerprint density at radius 1 is 1.32 bits per heavy atom. The number of hydrogen-bond acceptors (Lipinski definition) is 4. The molecular formula is C16H18ClFN4. The van der Waals surface area contributed by atoms with Crippen molar-refractivity contribution in [3.05, 3.63) is 47.1 Å². The number of rotatable bonds is 3. The summed E-state index contributed by atoms with van der Waals surface area (Å²) in [7, 11) is 2.10. The fraction of sp³-hybridized carbons (Fsp3) is 0.375. The van der Waals surface area contributed by atoms with E-state index < -0.39 is 0 Å². The summed E-state index contributed by atoms with van der Waals surface area (Å²) < 4.78 is 13.3. The van der Waals surface area contributed by atoms with Gasteiger partial charge in [-0.15, -0.1) is 0 Å². The smallest absolute Gasteiger partial charge is 0.136 e. The lowest BCUT2D eigenvalue weighted by Gasteiger charge is -2.28. The number of piperidine rings is 1. The first kappa shape index (κ1) is 15.2. The SMILES string of the molecule is CN1CCCC(c2nc(Cl)cc(Nc3cccc(F)c3)n2)C1. The predicted octanol–water partition coefficient (Wildman–Crippen LogP) is 3.82. The lowest BCUT2D eigenvalue weighted by molar-refractivity contribution is 0.246. The first-order valence-electron chi connectivity index (χ1n) is 7.36. The average Bonchev–Trinajstić information content (AvgIpc) is 2.46. The molecule has 6 heteroatoms. The molecule has 1 aliphatic rings. The summed E-state index contributed by atoms with van der Waals surface area (Å²) in [4.78, 5) is 11.2. The van der Waals surface area contributed by atoms with Crippen molar-refractivity contribution in [3.8, 4) is 0 Å². The fourth-order valence-corrected chi connectivity index (χ4v) is 2.96. The predicted molar refractivity (Wildman–Crippen MR) is 86.2 cm³/mol. The minimum Gasteiger partial charge on any atom is -0.340 e. The minimum absolute atomic E-state index is 0.283. The molecule has 0 bridgehead atoms. The van der Waals surface area contributed by atoms with E-state index in [1.807, 2.05) is 0 Å². The van der Waals surface area contributed by atoms with E-state index in [9.17, 15) is 4.39 Å². The molecule has 116 valence electrons. The molecule has 1 aliphatic heterocycles. The lowest BCUT2D eigenvalue weighted by atomic mass is 9.98. The molecule has 1 fully saturated rings. The van der Waals surface area contributed by atoms with Crippen molar-refractivity contribution in [3.63, 3.8) is 0 Å². The quantitative estimate of drug-likeness (QED) is 0.873. The van der Waals surface area contributed by atoms with Crippen LogP contribution in [-0.4, -0.2) is 35.0 Å². The Balaban J connectivity index is 1.83. The zero-order valence-corrected chi connectivity index (χ0v) is 13.1. The summed E-state index contributed by atoms with van der Waals surface area (Å²) in [5, 5.41) is 3.49. The van der Waals surface area contributed by atoms with Gasteiger partial charge in [-0.3, -0.25) is 0 Å². The van der Waals surface area contributed by atoms with Crippen molar-refractivity contribution in [2.75, 3.05) is 25.5 Å². The number of anilines is 2. The number of halogens is 2. The van der Waals surface area contributed by atoms with Gasteiger partial charge in [0, 0.05) is 24.2 Å². The van der Waals surface area contributed by atoms with Crippen molar-refractivity contribution >= 4 is 23.1 Å². The van der Waals surface area contributed by atoms with Crippen LogP contribution in [0.15, 0.2) is 30.3 Å². The third kappa shape index (κ3) is 3.72. The maximum absolute atomic E-state index is 13.3. The number of aromatic nitrogens is 2. The number of likely N-dealkylation sites (N-methyl/N-ethyl adjacent to an activating group) is 1. The number of nitrogens with zero attached hydrogens (tertiary/aromatic N) is 3. The van der Waals surface area contributed by atoms with Gasteiger partial charge >= 0.3 is 0 Å². The second-order valence-electron chi connectivity index (χ2n) is 5.67. The zero-order chi connectivity index (χ0) is 15.5. The van der Waals surface area contributed by atoms with Gasteiger partial charge in [0.2, 0.25) is 0 Å². The normalized spacial score (nSPS) is 19.1. The average molecular weight is 321 g/mol. The van der Waals surface area contributed by atoms with Crippen LogP contribution in [0.2, 0.25) is 5.15 Å². The van der Waals surface area contributed by atoms with E-state index in [0.29, 0.717) is 16.7 Å². The Kier molecular flexibility index (Phi) is 4.55. The molecule has 0 saturated carbocycles. The van der Waals surface area contributed by atoms with E-state index in [2.05, 4.69) is 27.2 Å². The number of hydrogen-bond donors (Lipinski definition) is 1. The summed E-state index contributed by atoms with van der Waals surface area (Å²) in [6, 6.07) is 7.92. The first-order chi connectivity index (χ1) is 10.6. The van der Waals surface area contributed by atoms with Crippen LogP contribution in [0.1, 0.15) is 24.6 Å². The van der Waals surface area contributed by atoms with Crippen molar-refractivity contribution in [1.82, 2.24) is 14.9 Å². The van der Waals surface area contributed by atoms with Gasteiger partial charge < -0.3 is 10.2 Å². The summed E-state index contributed by atoms with van der Waals surface area (Å²) >= 11 is 6.12. The molecule has 3 rings (SSSR count). The van der Waals surface area contributed by atoms with E-state index in [1.54, 1.807) is 18.2 Å². The van der Waals surface area contributed by atoms with Crippen molar-refractivity contribution in [2.24, 2.45) is 0 Å². The first-order valence-corrected chi connectivity index (χ1v) is 7.73. The molecule has 1 aromatic heterocycles. The molecule has 0 aliphatic carbocycles. The van der Waals surface area contributed by atoms with Gasteiger partial charge in [0.15, 0.2) is 0 Å². The van der Waals surface area contributed by atoms with Crippen molar-refractivity contribution < 1.29 is 4.39 Å². The molecule has 22 heavy (non-hydrogen) atoms. The van der Waals surface area contributed by atoms with Gasteiger partial charge in [0.25, 0.3) is 0 Å². The van der Waals surface area contributed by atoms with Crippen LogP contribution in [0.4, 0.5) is 15.9 Å². The molecule has 0 spiro atoms. The lowest BCUT2D eigenvalue weighted by Crippen LogP contribution is -2.31. The van der Waals surface area contributed by atoms with Gasteiger partial charge in [-0.25, -0.2) is 14.4 Å². The largest absolute Gasteiger partial charge is 0.340 e. The van der Waals surface area contributed by atoms with E-state index >= 15 is 0 Å².